The highest BCUT2D eigenvalue weighted by Crippen LogP contribution is 2.16. The van der Waals surface area contributed by atoms with Gasteiger partial charge < -0.3 is 10.6 Å². The number of anilines is 2. The number of benzene rings is 3. The number of hydrogen-bond acceptors (Lipinski definition) is 2. The van der Waals surface area contributed by atoms with E-state index in [1.807, 2.05) is 30.3 Å². The van der Waals surface area contributed by atoms with E-state index < -0.39 is 5.82 Å². The number of carbonyl (C=O) groups excluding carboxylic acids is 1. The van der Waals surface area contributed by atoms with Gasteiger partial charge in [0.2, 0.25) is 0 Å². The predicted octanol–water partition coefficient (Wildman–Crippen LogP) is 5.00. The fourth-order valence-corrected chi connectivity index (χ4v) is 2.53. The molecule has 4 heteroatoms. The summed E-state index contributed by atoms with van der Waals surface area (Å²) < 4.78 is 13.2. The molecule has 0 saturated heterocycles. The first-order valence-corrected chi connectivity index (χ1v) is 8.06. The van der Waals surface area contributed by atoms with Crippen molar-refractivity contribution in [3.63, 3.8) is 0 Å². The van der Waals surface area contributed by atoms with Crippen LogP contribution in [0.3, 0.4) is 0 Å². The minimum atomic E-state index is -0.427. The van der Waals surface area contributed by atoms with Crippen molar-refractivity contribution in [2.24, 2.45) is 0 Å². The summed E-state index contributed by atoms with van der Waals surface area (Å²) in [5, 5.41) is 6.11. The minimum absolute atomic E-state index is 0.293. The van der Waals surface area contributed by atoms with E-state index in [9.17, 15) is 9.18 Å². The second kappa shape index (κ2) is 7.62. The number of hydrogen-bond donors (Lipinski definition) is 2. The molecule has 0 heterocycles. The van der Waals surface area contributed by atoms with Crippen LogP contribution in [0.5, 0.6) is 0 Å². The summed E-state index contributed by atoms with van der Waals surface area (Å²) in [7, 11) is 0. The highest BCUT2D eigenvalue weighted by molar-refractivity contribution is 6.04. The average Bonchev–Trinajstić information content (AvgIpc) is 2.61. The number of carbonyl (C=O) groups is 1. The summed E-state index contributed by atoms with van der Waals surface area (Å²) in [6.45, 7) is 2.80. The number of aryl methyl sites for hydroxylation is 1. The molecule has 0 unspecified atom stereocenters. The first-order chi connectivity index (χ1) is 12.1. The molecule has 126 valence electrons. The van der Waals surface area contributed by atoms with Gasteiger partial charge in [0, 0.05) is 23.5 Å². The van der Waals surface area contributed by atoms with Crippen LogP contribution < -0.4 is 10.6 Å². The van der Waals surface area contributed by atoms with Gasteiger partial charge in [0.1, 0.15) is 5.82 Å². The molecule has 0 aliphatic carbocycles. The monoisotopic (exact) mass is 334 g/mol. The Morgan fingerprint density at radius 1 is 0.920 bits per heavy atom. The van der Waals surface area contributed by atoms with E-state index in [4.69, 9.17) is 0 Å². The number of rotatable bonds is 5. The Hall–Kier alpha value is -3.14. The Kier molecular flexibility index (Phi) is 5.09. The van der Waals surface area contributed by atoms with Crippen molar-refractivity contribution in [1.82, 2.24) is 0 Å². The molecule has 0 aliphatic rings. The lowest BCUT2D eigenvalue weighted by Crippen LogP contribution is -2.12. The fraction of sp³-hybridized carbons (Fsp3) is 0.0952. The molecule has 0 radical (unpaired) electrons. The van der Waals surface area contributed by atoms with E-state index >= 15 is 0 Å². The Morgan fingerprint density at radius 3 is 2.36 bits per heavy atom. The van der Waals surface area contributed by atoms with E-state index in [0.717, 1.165) is 12.2 Å². The number of amides is 1. The van der Waals surface area contributed by atoms with Crippen molar-refractivity contribution in [3.8, 4) is 0 Å². The van der Waals surface area contributed by atoms with Crippen molar-refractivity contribution in [1.29, 1.82) is 0 Å². The molecule has 3 aromatic rings. The van der Waals surface area contributed by atoms with Gasteiger partial charge in [0.15, 0.2) is 0 Å². The predicted molar refractivity (Wildman–Crippen MR) is 99.3 cm³/mol. The van der Waals surface area contributed by atoms with E-state index in [1.54, 1.807) is 6.07 Å². The van der Waals surface area contributed by atoms with E-state index in [2.05, 4.69) is 35.8 Å². The Bertz CT molecular complexity index is 875. The van der Waals surface area contributed by atoms with Crippen LogP contribution >= 0.6 is 0 Å². The molecule has 1 amide bonds. The summed E-state index contributed by atoms with van der Waals surface area (Å²) in [6, 6.07) is 21.4. The zero-order chi connectivity index (χ0) is 17.6. The van der Waals surface area contributed by atoms with Crippen LogP contribution in [0, 0.1) is 12.7 Å². The van der Waals surface area contributed by atoms with Crippen LogP contribution in [0.1, 0.15) is 21.5 Å². The zero-order valence-electron chi connectivity index (χ0n) is 13.9. The molecule has 3 aromatic carbocycles. The zero-order valence-corrected chi connectivity index (χ0v) is 13.9. The van der Waals surface area contributed by atoms with Crippen LogP contribution in [0.15, 0.2) is 72.8 Å². The van der Waals surface area contributed by atoms with Crippen molar-refractivity contribution < 1.29 is 9.18 Å². The van der Waals surface area contributed by atoms with Crippen molar-refractivity contribution >= 4 is 17.3 Å². The van der Waals surface area contributed by atoms with Gasteiger partial charge in [-0.2, -0.15) is 0 Å². The van der Waals surface area contributed by atoms with Gasteiger partial charge in [-0.05, 0) is 55.0 Å². The smallest absolute Gasteiger partial charge is 0.255 e. The maximum absolute atomic E-state index is 13.2. The second-order valence-electron chi connectivity index (χ2n) is 5.88. The van der Waals surface area contributed by atoms with Gasteiger partial charge in [-0.1, -0.05) is 35.9 Å². The topological polar surface area (TPSA) is 41.1 Å². The van der Waals surface area contributed by atoms with Crippen LogP contribution in [0.25, 0.3) is 0 Å². The second-order valence-corrected chi connectivity index (χ2v) is 5.88. The molecule has 25 heavy (non-hydrogen) atoms. The Balaban J connectivity index is 1.59. The molecule has 0 saturated carbocycles. The highest BCUT2D eigenvalue weighted by atomic mass is 19.1. The molecule has 0 aromatic heterocycles. The van der Waals surface area contributed by atoms with Gasteiger partial charge in [-0.15, -0.1) is 0 Å². The summed E-state index contributed by atoms with van der Waals surface area (Å²) >= 11 is 0. The van der Waals surface area contributed by atoms with Crippen molar-refractivity contribution in [2.45, 2.75) is 13.5 Å². The Labute approximate surface area is 146 Å². The van der Waals surface area contributed by atoms with Crippen LogP contribution in [0.2, 0.25) is 0 Å². The maximum Gasteiger partial charge on any atom is 0.255 e. The van der Waals surface area contributed by atoms with E-state index in [0.29, 0.717) is 11.3 Å². The van der Waals surface area contributed by atoms with E-state index in [1.165, 1.54) is 29.3 Å². The molecule has 0 atom stereocenters. The summed E-state index contributed by atoms with van der Waals surface area (Å²) in [5.74, 6) is -0.761. The lowest BCUT2D eigenvalue weighted by atomic mass is 10.1. The summed E-state index contributed by atoms with van der Waals surface area (Å²) in [5.41, 5.74) is 4.36. The first-order valence-electron chi connectivity index (χ1n) is 8.06. The molecule has 0 bridgehead atoms. The van der Waals surface area contributed by atoms with Gasteiger partial charge in [-0.25, -0.2) is 4.39 Å². The molecule has 0 spiro atoms. The van der Waals surface area contributed by atoms with Crippen LogP contribution in [-0.4, -0.2) is 5.91 Å². The standard InChI is InChI=1S/C21H19FN2O/c1-15-4-2-5-16(12-15)14-23-19-8-10-20(11-9-19)24-21(25)17-6-3-7-18(22)13-17/h2-13,23H,14H2,1H3,(H,24,25). The van der Waals surface area contributed by atoms with Crippen molar-refractivity contribution in [2.75, 3.05) is 10.6 Å². The van der Waals surface area contributed by atoms with Gasteiger partial charge in [0.25, 0.3) is 5.91 Å². The SMILES string of the molecule is Cc1cccc(CNc2ccc(NC(=O)c3cccc(F)c3)cc2)c1. The van der Waals surface area contributed by atoms with Gasteiger partial charge in [0.05, 0.1) is 0 Å². The summed E-state index contributed by atoms with van der Waals surface area (Å²) in [6.07, 6.45) is 0. The molecule has 0 fully saturated rings. The lowest BCUT2D eigenvalue weighted by Gasteiger charge is -2.09. The fourth-order valence-electron chi connectivity index (χ4n) is 2.53. The number of nitrogens with one attached hydrogen (secondary N) is 2. The maximum atomic E-state index is 13.2. The number of halogens is 1. The largest absolute Gasteiger partial charge is 0.381 e. The molecule has 3 nitrogen and oxygen atoms in total. The Morgan fingerprint density at radius 2 is 1.64 bits per heavy atom. The third-order valence-corrected chi connectivity index (χ3v) is 3.81. The van der Waals surface area contributed by atoms with Crippen molar-refractivity contribution in [3.05, 3.63) is 95.3 Å². The van der Waals surface area contributed by atoms with Crippen LogP contribution in [-0.2, 0) is 6.54 Å². The van der Waals surface area contributed by atoms with E-state index in [-0.39, 0.29) is 5.91 Å². The average molecular weight is 334 g/mol. The molecular weight excluding hydrogens is 315 g/mol. The first kappa shape index (κ1) is 16.7. The quantitative estimate of drug-likeness (QED) is 0.689. The molecule has 3 rings (SSSR count). The summed E-state index contributed by atoms with van der Waals surface area (Å²) in [4.78, 5) is 12.1. The normalized spacial score (nSPS) is 10.3. The minimum Gasteiger partial charge on any atom is -0.381 e. The lowest BCUT2D eigenvalue weighted by molar-refractivity contribution is 0.102. The third kappa shape index (κ3) is 4.67. The molecule has 0 aliphatic heterocycles. The van der Waals surface area contributed by atoms with Crippen LogP contribution in [0.4, 0.5) is 15.8 Å². The van der Waals surface area contributed by atoms with Gasteiger partial charge >= 0.3 is 0 Å². The molecule has 2 N–H and O–H groups in total. The highest BCUT2D eigenvalue weighted by Gasteiger charge is 2.06. The van der Waals surface area contributed by atoms with Gasteiger partial charge in [-0.3, -0.25) is 4.79 Å². The third-order valence-electron chi connectivity index (χ3n) is 3.81. The molecular formula is C21H19FN2O.